The zero-order valence-electron chi connectivity index (χ0n) is 16.4. The normalized spacial score (nSPS) is 11.9. The van der Waals surface area contributed by atoms with E-state index in [1.54, 1.807) is 12.1 Å². The summed E-state index contributed by atoms with van der Waals surface area (Å²) in [6, 6.07) is 8.89. The number of amides is 2. The molecule has 2 amide bonds. The van der Waals surface area contributed by atoms with Crippen molar-refractivity contribution in [1.29, 1.82) is 0 Å². The predicted octanol–water partition coefficient (Wildman–Crippen LogP) is 2.15. The number of nitrogens with one attached hydrogen (secondary N) is 2. The molecule has 0 saturated carbocycles. The quantitative estimate of drug-likeness (QED) is 0.652. The summed E-state index contributed by atoms with van der Waals surface area (Å²) in [4.78, 5) is 26.1. The molecule has 2 aromatic rings. The van der Waals surface area contributed by atoms with Crippen LogP contribution in [0.2, 0.25) is 5.02 Å². The Hall–Kier alpha value is -2.36. The van der Waals surface area contributed by atoms with Crippen molar-refractivity contribution in [3.05, 3.63) is 53.4 Å². The third-order valence-corrected chi connectivity index (χ3v) is 5.33. The van der Waals surface area contributed by atoms with Gasteiger partial charge < -0.3 is 14.6 Å². The van der Waals surface area contributed by atoms with Crippen LogP contribution in [0.15, 0.2) is 52.0 Å². The summed E-state index contributed by atoms with van der Waals surface area (Å²) in [5.74, 6) is -0.455. The second-order valence-corrected chi connectivity index (χ2v) is 9.61. The Bertz CT molecular complexity index is 935. The lowest BCUT2D eigenvalue weighted by atomic mass is 10.1. The third-order valence-electron chi connectivity index (χ3n) is 3.67. The van der Waals surface area contributed by atoms with E-state index in [1.807, 2.05) is 20.8 Å². The number of sulfonamides is 1. The molecule has 1 heterocycles. The first-order valence-corrected chi connectivity index (χ1v) is 10.7. The van der Waals surface area contributed by atoms with Crippen LogP contribution >= 0.6 is 11.6 Å². The molecular formula is C19H24ClN3O5S. The maximum absolute atomic E-state index is 12.7. The van der Waals surface area contributed by atoms with Crippen molar-refractivity contribution in [2.75, 3.05) is 13.1 Å². The van der Waals surface area contributed by atoms with Crippen LogP contribution in [0.5, 0.6) is 0 Å². The summed E-state index contributed by atoms with van der Waals surface area (Å²) in [5, 5.41) is 3.17. The Morgan fingerprint density at radius 1 is 1.14 bits per heavy atom. The zero-order chi connectivity index (χ0) is 21.7. The summed E-state index contributed by atoms with van der Waals surface area (Å²) in [6.07, 6.45) is 1.45. The molecule has 0 saturated heterocycles. The molecule has 0 aliphatic rings. The number of nitrogens with zero attached hydrogens (tertiary/aromatic N) is 1. The van der Waals surface area contributed by atoms with Gasteiger partial charge in [0.25, 0.3) is 0 Å². The van der Waals surface area contributed by atoms with E-state index in [0.29, 0.717) is 10.8 Å². The van der Waals surface area contributed by atoms with Crippen LogP contribution < -0.4 is 10.0 Å². The molecular weight excluding hydrogens is 418 g/mol. The average molecular weight is 442 g/mol. The fourth-order valence-electron chi connectivity index (χ4n) is 2.42. The van der Waals surface area contributed by atoms with E-state index in [2.05, 4.69) is 10.0 Å². The summed E-state index contributed by atoms with van der Waals surface area (Å²) in [7, 11) is -3.91. The van der Waals surface area contributed by atoms with E-state index < -0.39 is 28.0 Å². The highest BCUT2D eigenvalue weighted by Crippen LogP contribution is 2.14. The van der Waals surface area contributed by atoms with Gasteiger partial charge in [0.1, 0.15) is 12.3 Å². The number of benzene rings is 1. The lowest BCUT2D eigenvalue weighted by Gasteiger charge is -2.25. The van der Waals surface area contributed by atoms with Gasteiger partial charge >= 0.3 is 0 Å². The number of furan rings is 1. The van der Waals surface area contributed by atoms with Gasteiger partial charge in [0.05, 0.1) is 24.2 Å². The minimum atomic E-state index is -3.91. The van der Waals surface area contributed by atoms with Crippen LogP contribution in [0.25, 0.3) is 0 Å². The van der Waals surface area contributed by atoms with Gasteiger partial charge in [-0.3, -0.25) is 9.59 Å². The molecule has 10 heteroatoms. The fourth-order valence-corrected chi connectivity index (χ4v) is 3.52. The van der Waals surface area contributed by atoms with E-state index in [0.717, 1.165) is 0 Å². The molecule has 29 heavy (non-hydrogen) atoms. The number of carbonyl (C=O) groups is 2. The standard InChI is InChI=1S/C19H24ClN3O5S/c1-19(2,3)22-17(24)13-23(12-15-5-4-10-28-15)18(25)11-21-29(26,27)16-8-6-14(20)7-9-16/h4-10,21H,11-13H2,1-3H3,(H,22,24). The summed E-state index contributed by atoms with van der Waals surface area (Å²) in [5.41, 5.74) is -0.466. The van der Waals surface area contributed by atoms with Crippen LogP contribution in [0.1, 0.15) is 26.5 Å². The van der Waals surface area contributed by atoms with Crippen molar-refractivity contribution in [3.63, 3.8) is 0 Å². The van der Waals surface area contributed by atoms with Crippen molar-refractivity contribution < 1.29 is 22.4 Å². The second kappa shape index (κ2) is 9.43. The summed E-state index contributed by atoms with van der Waals surface area (Å²) in [6.45, 7) is 4.76. The first kappa shape index (κ1) is 22.9. The van der Waals surface area contributed by atoms with Gasteiger partial charge in [-0.25, -0.2) is 13.1 Å². The Morgan fingerprint density at radius 3 is 2.34 bits per heavy atom. The van der Waals surface area contributed by atoms with Gasteiger partial charge in [-0.1, -0.05) is 11.6 Å². The SMILES string of the molecule is CC(C)(C)NC(=O)CN(Cc1ccco1)C(=O)CNS(=O)(=O)c1ccc(Cl)cc1. The number of hydrogen-bond donors (Lipinski definition) is 2. The monoisotopic (exact) mass is 441 g/mol. The van der Waals surface area contributed by atoms with Crippen LogP contribution in [0.3, 0.4) is 0 Å². The van der Waals surface area contributed by atoms with Crippen LogP contribution in [-0.2, 0) is 26.2 Å². The van der Waals surface area contributed by atoms with E-state index in [1.165, 1.54) is 35.4 Å². The molecule has 0 radical (unpaired) electrons. The lowest BCUT2D eigenvalue weighted by Crippen LogP contribution is -2.48. The van der Waals surface area contributed by atoms with Crippen molar-refractivity contribution in [2.24, 2.45) is 0 Å². The molecule has 0 atom stereocenters. The maximum atomic E-state index is 12.7. The molecule has 0 fully saturated rings. The van der Waals surface area contributed by atoms with Crippen molar-refractivity contribution in [2.45, 2.75) is 37.8 Å². The molecule has 2 N–H and O–H groups in total. The number of hydrogen-bond acceptors (Lipinski definition) is 5. The molecule has 0 aliphatic heterocycles. The van der Waals surface area contributed by atoms with Crippen LogP contribution in [0, 0.1) is 0 Å². The average Bonchev–Trinajstić information content (AvgIpc) is 3.11. The van der Waals surface area contributed by atoms with E-state index in [9.17, 15) is 18.0 Å². The van der Waals surface area contributed by atoms with Crippen molar-refractivity contribution >= 4 is 33.4 Å². The number of halogens is 1. The lowest BCUT2D eigenvalue weighted by molar-refractivity contribution is -0.136. The van der Waals surface area contributed by atoms with Gasteiger partial charge in [0.2, 0.25) is 21.8 Å². The maximum Gasteiger partial charge on any atom is 0.241 e. The molecule has 2 rings (SSSR count). The molecule has 1 aromatic heterocycles. The third kappa shape index (κ3) is 7.52. The second-order valence-electron chi connectivity index (χ2n) is 7.41. The smallest absolute Gasteiger partial charge is 0.241 e. The van der Waals surface area contributed by atoms with Gasteiger partial charge in [0, 0.05) is 10.6 Å². The molecule has 1 aromatic carbocycles. The highest BCUT2D eigenvalue weighted by atomic mass is 35.5. The van der Waals surface area contributed by atoms with E-state index in [4.69, 9.17) is 16.0 Å². The minimum absolute atomic E-state index is 0.0160. The summed E-state index contributed by atoms with van der Waals surface area (Å²) >= 11 is 5.77. The van der Waals surface area contributed by atoms with Crippen molar-refractivity contribution in [3.8, 4) is 0 Å². The number of carbonyl (C=O) groups excluding carboxylic acids is 2. The topological polar surface area (TPSA) is 109 Å². The largest absolute Gasteiger partial charge is 0.467 e. The first-order chi connectivity index (χ1) is 13.5. The highest BCUT2D eigenvalue weighted by molar-refractivity contribution is 7.89. The Balaban J connectivity index is 2.07. The molecule has 8 nitrogen and oxygen atoms in total. The van der Waals surface area contributed by atoms with Gasteiger partial charge in [-0.05, 0) is 57.2 Å². The zero-order valence-corrected chi connectivity index (χ0v) is 18.0. The van der Waals surface area contributed by atoms with Gasteiger partial charge in [-0.2, -0.15) is 0 Å². The summed E-state index contributed by atoms with van der Waals surface area (Å²) < 4.78 is 32.2. The van der Waals surface area contributed by atoms with Crippen LogP contribution in [0.4, 0.5) is 0 Å². The van der Waals surface area contributed by atoms with Gasteiger partial charge in [0.15, 0.2) is 0 Å². The Kier molecular flexibility index (Phi) is 7.45. The molecule has 158 valence electrons. The fraction of sp³-hybridized carbons (Fsp3) is 0.368. The predicted molar refractivity (Wildman–Crippen MR) is 109 cm³/mol. The Labute approximate surface area is 175 Å². The van der Waals surface area contributed by atoms with E-state index in [-0.39, 0.29) is 23.9 Å². The molecule has 0 bridgehead atoms. The molecule has 0 spiro atoms. The molecule has 0 unspecified atom stereocenters. The first-order valence-electron chi connectivity index (χ1n) is 8.83. The van der Waals surface area contributed by atoms with Gasteiger partial charge in [-0.15, -0.1) is 0 Å². The van der Waals surface area contributed by atoms with Crippen LogP contribution in [-0.4, -0.2) is 43.8 Å². The molecule has 0 aliphatic carbocycles. The van der Waals surface area contributed by atoms with E-state index >= 15 is 0 Å². The highest BCUT2D eigenvalue weighted by Gasteiger charge is 2.23. The minimum Gasteiger partial charge on any atom is -0.467 e. The number of rotatable bonds is 8. The van der Waals surface area contributed by atoms with Crippen molar-refractivity contribution in [1.82, 2.24) is 14.9 Å². The Morgan fingerprint density at radius 2 is 1.79 bits per heavy atom.